The SMILES string of the molecule is CCN(CC)C(=O)C(=O)c1ccccc1Br. The number of Topliss-reactive ketones (excluding diaryl/α,β-unsaturated/α-hetero) is 1. The number of hydrogen-bond donors (Lipinski definition) is 0. The third-order valence-corrected chi connectivity index (χ3v) is 3.05. The van der Waals surface area contributed by atoms with Crippen LogP contribution in [-0.2, 0) is 4.79 Å². The zero-order valence-electron chi connectivity index (χ0n) is 9.37. The first kappa shape index (κ1) is 12.9. The number of carbonyl (C=O) groups excluding carboxylic acids is 2. The third kappa shape index (κ3) is 2.70. The fourth-order valence-electron chi connectivity index (χ4n) is 1.41. The van der Waals surface area contributed by atoms with E-state index in [0.29, 0.717) is 23.1 Å². The molecule has 0 spiro atoms. The van der Waals surface area contributed by atoms with Crippen LogP contribution < -0.4 is 0 Å². The Kier molecular flexibility index (Phi) is 4.68. The lowest BCUT2D eigenvalue weighted by molar-refractivity contribution is -0.126. The van der Waals surface area contributed by atoms with Gasteiger partial charge in [-0.15, -0.1) is 0 Å². The van der Waals surface area contributed by atoms with Gasteiger partial charge in [-0.05, 0) is 26.0 Å². The number of amides is 1. The van der Waals surface area contributed by atoms with Crippen molar-refractivity contribution >= 4 is 27.6 Å². The molecule has 0 radical (unpaired) electrons. The number of hydrogen-bond acceptors (Lipinski definition) is 2. The van der Waals surface area contributed by atoms with E-state index in [1.807, 2.05) is 19.9 Å². The Morgan fingerprint density at radius 2 is 1.75 bits per heavy atom. The van der Waals surface area contributed by atoms with Crippen LogP contribution in [0.3, 0.4) is 0 Å². The smallest absolute Gasteiger partial charge is 0.294 e. The highest BCUT2D eigenvalue weighted by molar-refractivity contribution is 9.10. The fraction of sp³-hybridized carbons (Fsp3) is 0.333. The monoisotopic (exact) mass is 283 g/mol. The second kappa shape index (κ2) is 5.80. The van der Waals surface area contributed by atoms with E-state index in [2.05, 4.69) is 15.9 Å². The molecule has 0 atom stereocenters. The summed E-state index contributed by atoms with van der Waals surface area (Å²) < 4.78 is 0.653. The molecule has 3 nitrogen and oxygen atoms in total. The molecule has 0 unspecified atom stereocenters. The molecule has 1 aromatic rings. The summed E-state index contributed by atoms with van der Waals surface area (Å²) in [6, 6.07) is 6.95. The number of rotatable bonds is 4. The van der Waals surface area contributed by atoms with Gasteiger partial charge >= 0.3 is 0 Å². The molecule has 0 bridgehead atoms. The summed E-state index contributed by atoms with van der Waals surface area (Å²) >= 11 is 3.27. The first-order chi connectivity index (χ1) is 7.61. The molecule has 0 aliphatic carbocycles. The van der Waals surface area contributed by atoms with Gasteiger partial charge in [0.1, 0.15) is 0 Å². The Hall–Kier alpha value is -1.16. The van der Waals surface area contributed by atoms with Gasteiger partial charge in [0, 0.05) is 23.1 Å². The number of likely N-dealkylation sites (N-methyl/N-ethyl adjacent to an activating group) is 1. The quantitative estimate of drug-likeness (QED) is 0.629. The van der Waals surface area contributed by atoms with Crippen LogP contribution in [0.5, 0.6) is 0 Å². The average Bonchev–Trinajstić information content (AvgIpc) is 2.30. The summed E-state index contributed by atoms with van der Waals surface area (Å²) in [5.41, 5.74) is 0.416. The molecule has 0 aliphatic rings. The van der Waals surface area contributed by atoms with Crippen LogP contribution in [0.15, 0.2) is 28.7 Å². The van der Waals surface area contributed by atoms with Gasteiger partial charge in [0.15, 0.2) is 0 Å². The molecule has 0 N–H and O–H groups in total. The van der Waals surface area contributed by atoms with E-state index in [9.17, 15) is 9.59 Å². The highest BCUT2D eigenvalue weighted by atomic mass is 79.9. The number of benzene rings is 1. The summed E-state index contributed by atoms with van der Waals surface area (Å²) in [6.07, 6.45) is 0. The highest BCUT2D eigenvalue weighted by Gasteiger charge is 2.22. The Labute approximate surface area is 104 Å². The van der Waals surface area contributed by atoms with E-state index < -0.39 is 11.7 Å². The Balaban J connectivity index is 2.95. The molecule has 0 aromatic heterocycles. The third-order valence-electron chi connectivity index (χ3n) is 2.36. The summed E-state index contributed by atoms with van der Waals surface area (Å²) in [4.78, 5) is 25.2. The van der Waals surface area contributed by atoms with E-state index in [4.69, 9.17) is 0 Å². The van der Waals surface area contributed by atoms with E-state index in [-0.39, 0.29) is 0 Å². The summed E-state index contributed by atoms with van der Waals surface area (Å²) in [6.45, 7) is 4.81. The maximum Gasteiger partial charge on any atom is 0.294 e. The van der Waals surface area contributed by atoms with Crippen molar-refractivity contribution in [2.45, 2.75) is 13.8 Å². The largest absolute Gasteiger partial charge is 0.336 e. The van der Waals surface area contributed by atoms with E-state index in [0.717, 1.165) is 0 Å². The van der Waals surface area contributed by atoms with Crippen LogP contribution >= 0.6 is 15.9 Å². The fourth-order valence-corrected chi connectivity index (χ4v) is 1.88. The van der Waals surface area contributed by atoms with Crippen LogP contribution in [0, 0.1) is 0 Å². The topological polar surface area (TPSA) is 37.4 Å². The minimum absolute atomic E-state index is 0.416. The molecule has 0 fully saturated rings. The van der Waals surface area contributed by atoms with Crippen molar-refractivity contribution in [3.63, 3.8) is 0 Å². The molecule has 0 aliphatic heterocycles. The summed E-state index contributed by atoms with van der Waals surface area (Å²) in [7, 11) is 0. The maximum absolute atomic E-state index is 11.9. The number of nitrogens with zero attached hydrogens (tertiary/aromatic N) is 1. The first-order valence-electron chi connectivity index (χ1n) is 5.19. The minimum atomic E-state index is -0.462. The lowest BCUT2D eigenvalue weighted by atomic mass is 10.1. The van der Waals surface area contributed by atoms with Crippen LogP contribution in [0.4, 0.5) is 0 Å². The molecule has 16 heavy (non-hydrogen) atoms. The standard InChI is InChI=1S/C12H14BrNO2/c1-3-14(4-2)12(16)11(15)9-7-5-6-8-10(9)13/h5-8H,3-4H2,1-2H3. The van der Waals surface area contributed by atoms with Crippen molar-refractivity contribution in [1.82, 2.24) is 4.90 Å². The van der Waals surface area contributed by atoms with Crippen molar-refractivity contribution in [3.05, 3.63) is 34.3 Å². The van der Waals surface area contributed by atoms with Crippen molar-refractivity contribution in [1.29, 1.82) is 0 Å². The minimum Gasteiger partial charge on any atom is -0.336 e. The van der Waals surface area contributed by atoms with E-state index in [1.54, 1.807) is 18.2 Å². The van der Waals surface area contributed by atoms with Gasteiger partial charge < -0.3 is 4.90 Å². The number of carbonyl (C=O) groups is 2. The van der Waals surface area contributed by atoms with Gasteiger partial charge in [0.05, 0.1) is 0 Å². The van der Waals surface area contributed by atoms with Gasteiger partial charge in [-0.1, -0.05) is 28.1 Å². The maximum atomic E-state index is 11.9. The summed E-state index contributed by atoms with van der Waals surface area (Å²) in [5.74, 6) is -0.909. The van der Waals surface area contributed by atoms with Crippen LogP contribution in [-0.4, -0.2) is 29.7 Å². The lowest BCUT2D eigenvalue weighted by Crippen LogP contribution is -2.36. The molecule has 1 aromatic carbocycles. The second-order valence-corrected chi connectivity index (χ2v) is 4.14. The molecule has 0 heterocycles. The van der Waals surface area contributed by atoms with Gasteiger partial charge in [0.2, 0.25) is 0 Å². The molecule has 0 saturated heterocycles. The molecule has 86 valence electrons. The van der Waals surface area contributed by atoms with Crippen LogP contribution in [0.2, 0.25) is 0 Å². The van der Waals surface area contributed by atoms with Crippen molar-refractivity contribution < 1.29 is 9.59 Å². The zero-order chi connectivity index (χ0) is 12.1. The number of ketones is 1. The van der Waals surface area contributed by atoms with Crippen LogP contribution in [0.25, 0.3) is 0 Å². The van der Waals surface area contributed by atoms with Gasteiger partial charge in [-0.25, -0.2) is 0 Å². The molecular weight excluding hydrogens is 270 g/mol. The molecule has 0 saturated carbocycles. The summed E-state index contributed by atoms with van der Waals surface area (Å²) in [5, 5.41) is 0. The lowest BCUT2D eigenvalue weighted by Gasteiger charge is -2.17. The number of halogens is 1. The van der Waals surface area contributed by atoms with Gasteiger partial charge in [0.25, 0.3) is 11.7 Å². The van der Waals surface area contributed by atoms with E-state index >= 15 is 0 Å². The predicted molar refractivity (Wildman–Crippen MR) is 66.4 cm³/mol. The normalized spacial score (nSPS) is 9.94. The Morgan fingerprint density at radius 1 is 1.19 bits per heavy atom. The molecule has 4 heteroatoms. The zero-order valence-corrected chi connectivity index (χ0v) is 11.0. The van der Waals surface area contributed by atoms with Gasteiger partial charge in [-0.2, -0.15) is 0 Å². The molecule has 1 rings (SSSR count). The average molecular weight is 284 g/mol. The Morgan fingerprint density at radius 3 is 2.25 bits per heavy atom. The van der Waals surface area contributed by atoms with Crippen molar-refractivity contribution in [2.24, 2.45) is 0 Å². The predicted octanol–water partition coefficient (Wildman–Crippen LogP) is 2.50. The Bertz CT molecular complexity index is 400. The molecule has 1 amide bonds. The van der Waals surface area contributed by atoms with E-state index in [1.165, 1.54) is 4.90 Å². The van der Waals surface area contributed by atoms with Crippen molar-refractivity contribution in [2.75, 3.05) is 13.1 Å². The first-order valence-corrected chi connectivity index (χ1v) is 5.99. The highest BCUT2D eigenvalue weighted by Crippen LogP contribution is 2.17. The van der Waals surface area contributed by atoms with Gasteiger partial charge in [-0.3, -0.25) is 9.59 Å². The molecular formula is C12H14BrNO2. The van der Waals surface area contributed by atoms with Crippen molar-refractivity contribution in [3.8, 4) is 0 Å². The van der Waals surface area contributed by atoms with Crippen LogP contribution in [0.1, 0.15) is 24.2 Å². The second-order valence-electron chi connectivity index (χ2n) is 3.29.